The molecule has 0 saturated carbocycles. The molecule has 1 amide bonds. The standard InChI is InChI=1S/C21H28N6O3/c28-18-13-15-5-1-2-7-17(15)25-27(18)12-11-26-10-4-3-6-16(26)14-24-21(30)19-20(29)23-9-8-22-19/h8-9,13,16H,1-7,10-12,14H2,(H,23,29)(H,24,30). The molecule has 0 bridgehead atoms. The zero-order valence-electron chi connectivity index (χ0n) is 17.1. The summed E-state index contributed by atoms with van der Waals surface area (Å²) in [6.07, 6.45) is 10.1. The topological polar surface area (TPSA) is 113 Å². The van der Waals surface area contributed by atoms with Crippen molar-refractivity contribution in [2.75, 3.05) is 19.6 Å². The first kappa shape index (κ1) is 20.5. The molecule has 2 aliphatic rings. The summed E-state index contributed by atoms with van der Waals surface area (Å²) in [5, 5.41) is 7.45. The summed E-state index contributed by atoms with van der Waals surface area (Å²) in [4.78, 5) is 45.1. The van der Waals surface area contributed by atoms with Gasteiger partial charge in [-0.1, -0.05) is 6.42 Å². The van der Waals surface area contributed by atoms with Crippen LogP contribution in [-0.4, -0.2) is 56.2 Å². The van der Waals surface area contributed by atoms with E-state index < -0.39 is 11.5 Å². The van der Waals surface area contributed by atoms with Crippen molar-refractivity contribution >= 4 is 5.91 Å². The zero-order valence-corrected chi connectivity index (χ0v) is 17.1. The number of H-pyrrole nitrogens is 1. The van der Waals surface area contributed by atoms with Gasteiger partial charge in [0.2, 0.25) is 0 Å². The molecule has 1 unspecified atom stereocenters. The van der Waals surface area contributed by atoms with Gasteiger partial charge in [0, 0.05) is 37.6 Å². The average molecular weight is 412 g/mol. The number of carbonyl (C=O) groups is 1. The molecule has 30 heavy (non-hydrogen) atoms. The molecule has 1 saturated heterocycles. The first-order chi connectivity index (χ1) is 14.6. The van der Waals surface area contributed by atoms with Crippen molar-refractivity contribution in [1.29, 1.82) is 0 Å². The Balaban J connectivity index is 1.37. The Morgan fingerprint density at radius 2 is 2.03 bits per heavy atom. The minimum atomic E-state index is -0.492. The van der Waals surface area contributed by atoms with Crippen LogP contribution >= 0.6 is 0 Å². The fourth-order valence-corrected chi connectivity index (χ4v) is 4.38. The van der Waals surface area contributed by atoms with Crippen molar-refractivity contribution in [3.8, 4) is 0 Å². The van der Waals surface area contributed by atoms with E-state index in [-0.39, 0.29) is 17.3 Å². The van der Waals surface area contributed by atoms with Crippen LogP contribution in [0.15, 0.2) is 28.0 Å². The molecule has 0 radical (unpaired) electrons. The Morgan fingerprint density at radius 1 is 1.17 bits per heavy atom. The van der Waals surface area contributed by atoms with Crippen LogP contribution in [-0.2, 0) is 19.4 Å². The van der Waals surface area contributed by atoms with Crippen molar-refractivity contribution < 1.29 is 4.79 Å². The number of amides is 1. The third-order valence-corrected chi connectivity index (χ3v) is 6.04. The molecule has 2 aromatic rings. The maximum absolute atomic E-state index is 12.4. The number of aromatic amines is 1. The maximum atomic E-state index is 12.4. The van der Waals surface area contributed by atoms with E-state index in [1.54, 1.807) is 10.7 Å². The van der Waals surface area contributed by atoms with E-state index in [2.05, 4.69) is 25.3 Å². The Hall–Kier alpha value is -2.81. The summed E-state index contributed by atoms with van der Waals surface area (Å²) in [6, 6.07) is 1.92. The molecule has 1 aliphatic carbocycles. The van der Waals surface area contributed by atoms with E-state index in [9.17, 15) is 14.4 Å². The number of piperidine rings is 1. The highest BCUT2D eigenvalue weighted by Gasteiger charge is 2.24. The van der Waals surface area contributed by atoms with Crippen molar-refractivity contribution in [2.45, 2.75) is 57.5 Å². The fourth-order valence-electron chi connectivity index (χ4n) is 4.38. The number of hydrogen-bond acceptors (Lipinski definition) is 6. The molecule has 0 spiro atoms. The van der Waals surface area contributed by atoms with Crippen molar-refractivity contribution in [3.63, 3.8) is 0 Å². The van der Waals surface area contributed by atoms with Crippen molar-refractivity contribution in [3.05, 3.63) is 56.1 Å². The second-order valence-electron chi connectivity index (χ2n) is 8.05. The average Bonchev–Trinajstić information content (AvgIpc) is 2.77. The van der Waals surface area contributed by atoms with E-state index in [1.165, 1.54) is 12.4 Å². The molecule has 160 valence electrons. The molecule has 1 fully saturated rings. The molecule has 2 N–H and O–H groups in total. The summed E-state index contributed by atoms with van der Waals surface area (Å²) < 4.78 is 1.59. The second kappa shape index (κ2) is 9.34. The number of aryl methyl sites for hydroxylation is 2. The lowest BCUT2D eigenvalue weighted by molar-refractivity contribution is 0.0902. The van der Waals surface area contributed by atoms with Crippen LogP contribution in [0, 0.1) is 0 Å². The van der Waals surface area contributed by atoms with Gasteiger partial charge in [-0.15, -0.1) is 0 Å². The monoisotopic (exact) mass is 412 g/mol. The molecule has 1 atom stereocenters. The smallest absolute Gasteiger partial charge is 0.279 e. The van der Waals surface area contributed by atoms with Crippen LogP contribution in [0.5, 0.6) is 0 Å². The number of rotatable bonds is 6. The molecule has 9 heteroatoms. The summed E-state index contributed by atoms with van der Waals surface area (Å²) >= 11 is 0. The van der Waals surface area contributed by atoms with Crippen LogP contribution in [0.1, 0.15) is 53.8 Å². The van der Waals surface area contributed by atoms with Gasteiger partial charge in [-0.3, -0.25) is 19.3 Å². The summed E-state index contributed by atoms with van der Waals surface area (Å²) in [7, 11) is 0. The van der Waals surface area contributed by atoms with Crippen LogP contribution in [0.2, 0.25) is 0 Å². The number of carbonyl (C=O) groups excluding carboxylic acids is 1. The van der Waals surface area contributed by atoms with Crippen LogP contribution in [0.4, 0.5) is 0 Å². The number of nitrogens with one attached hydrogen (secondary N) is 2. The third-order valence-electron chi connectivity index (χ3n) is 6.04. The number of nitrogens with zero attached hydrogens (tertiary/aromatic N) is 4. The van der Waals surface area contributed by atoms with Gasteiger partial charge >= 0.3 is 0 Å². The Kier molecular flexibility index (Phi) is 6.37. The summed E-state index contributed by atoms with van der Waals surface area (Å²) in [6.45, 7) is 2.61. The normalized spacial score (nSPS) is 19.3. The number of hydrogen-bond donors (Lipinski definition) is 2. The molecular weight excluding hydrogens is 384 g/mol. The highest BCUT2D eigenvalue weighted by Crippen LogP contribution is 2.18. The lowest BCUT2D eigenvalue weighted by atomic mass is 9.97. The highest BCUT2D eigenvalue weighted by atomic mass is 16.2. The van der Waals surface area contributed by atoms with E-state index in [0.29, 0.717) is 19.6 Å². The molecule has 0 aromatic carbocycles. The highest BCUT2D eigenvalue weighted by molar-refractivity contribution is 5.91. The van der Waals surface area contributed by atoms with Gasteiger partial charge in [0.1, 0.15) is 0 Å². The summed E-state index contributed by atoms with van der Waals surface area (Å²) in [5.41, 5.74) is 1.51. The van der Waals surface area contributed by atoms with Gasteiger partial charge in [0.25, 0.3) is 17.0 Å². The quantitative estimate of drug-likeness (QED) is 0.714. The third kappa shape index (κ3) is 4.67. The zero-order chi connectivity index (χ0) is 20.9. The lowest BCUT2D eigenvalue weighted by Gasteiger charge is -2.35. The first-order valence-corrected chi connectivity index (χ1v) is 10.8. The molecule has 9 nitrogen and oxygen atoms in total. The fraction of sp³-hybridized carbons (Fsp3) is 0.571. The van der Waals surface area contributed by atoms with Crippen LogP contribution in [0.3, 0.4) is 0 Å². The van der Waals surface area contributed by atoms with Crippen molar-refractivity contribution in [2.24, 2.45) is 0 Å². The van der Waals surface area contributed by atoms with E-state index in [4.69, 9.17) is 0 Å². The number of fused-ring (bicyclic) bond motifs is 1. The van der Waals surface area contributed by atoms with Gasteiger partial charge in [0.05, 0.1) is 12.2 Å². The Labute approximate surface area is 174 Å². The van der Waals surface area contributed by atoms with Gasteiger partial charge in [-0.2, -0.15) is 5.10 Å². The molecule has 3 heterocycles. The van der Waals surface area contributed by atoms with Crippen LogP contribution < -0.4 is 16.4 Å². The minimum Gasteiger partial charge on any atom is -0.349 e. The maximum Gasteiger partial charge on any atom is 0.279 e. The van der Waals surface area contributed by atoms with E-state index in [1.807, 2.05) is 0 Å². The van der Waals surface area contributed by atoms with Gasteiger partial charge in [-0.25, -0.2) is 9.67 Å². The molecule has 2 aromatic heterocycles. The van der Waals surface area contributed by atoms with E-state index >= 15 is 0 Å². The first-order valence-electron chi connectivity index (χ1n) is 10.8. The van der Waals surface area contributed by atoms with E-state index in [0.717, 1.165) is 62.7 Å². The number of likely N-dealkylation sites (tertiary alicyclic amines) is 1. The molecular formula is C21H28N6O3. The lowest BCUT2D eigenvalue weighted by Crippen LogP contribution is -2.48. The summed E-state index contributed by atoms with van der Waals surface area (Å²) in [5.74, 6) is -0.463. The van der Waals surface area contributed by atoms with Gasteiger partial charge in [-0.05, 0) is 50.6 Å². The molecule has 1 aliphatic heterocycles. The molecule has 4 rings (SSSR count). The van der Waals surface area contributed by atoms with Crippen molar-refractivity contribution in [1.82, 2.24) is 30.0 Å². The predicted octanol–water partition coefficient (Wildman–Crippen LogP) is 0.490. The Bertz CT molecular complexity index is 1010. The van der Waals surface area contributed by atoms with Gasteiger partial charge < -0.3 is 10.3 Å². The van der Waals surface area contributed by atoms with Gasteiger partial charge in [0.15, 0.2) is 5.69 Å². The SMILES string of the molecule is O=C(NCC1CCCCN1CCn1nc2c(cc1=O)CCCC2)c1ncc[nH]c1=O. The predicted molar refractivity (Wildman–Crippen MR) is 112 cm³/mol. The van der Waals surface area contributed by atoms with Crippen LogP contribution in [0.25, 0.3) is 0 Å². The minimum absolute atomic E-state index is 0.0353. The number of aromatic nitrogens is 4. The Morgan fingerprint density at radius 3 is 2.90 bits per heavy atom. The second-order valence-corrected chi connectivity index (χ2v) is 8.05. The largest absolute Gasteiger partial charge is 0.349 e.